The molecule has 0 aliphatic rings. The molecule has 0 bridgehead atoms. The van der Waals surface area contributed by atoms with E-state index in [2.05, 4.69) is 4.74 Å². The minimum absolute atomic E-state index is 0.0255. The van der Waals surface area contributed by atoms with Gasteiger partial charge in [-0.1, -0.05) is 0 Å². The molecule has 0 spiro atoms. The molecular formula is C9H12N2O6S2. The molecule has 1 rings (SSSR count). The van der Waals surface area contributed by atoms with Gasteiger partial charge in [0.15, 0.2) is 0 Å². The summed E-state index contributed by atoms with van der Waals surface area (Å²) in [6.45, 7) is 3.13. The molecule has 0 fully saturated rings. The van der Waals surface area contributed by atoms with Crippen molar-refractivity contribution in [3.05, 3.63) is 17.0 Å². The van der Waals surface area contributed by atoms with E-state index in [4.69, 9.17) is 5.11 Å². The van der Waals surface area contributed by atoms with Gasteiger partial charge < -0.3 is 9.84 Å². The highest BCUT2D eigenvalue weighted by atomic mass is 32.2. The van der Waals surface area contributed by atoms with E-state index in [0.717, 1.165) is 11.3 Å². The summed E-state index contributed by atoms with van der Waals surface area (Å²) in [6.07, 6.45) is -1.58. The number of ether oxygens (including phenoxy) is 1. The number of nitrogens with one attached hydrogen (secondary N) is 2. The molecule has 0 aliphatic heterocycles. The van der Waals surface area contributed by atoms with Crippen molar-refractivity contribution in [2.75, 3.05) is 4.72 Å². The maximum absolute atomic E-state index is 11.5. The number of aromatic carboxylic acids is 1. The van der Waals surface area contributed by atoms with Gasteiger partial charge in [0.2, 0.25) is 0 Å². The zero-order chi connectivity index (χ0) is 14.6. The lowest BCUT2D eigenvalue weighted by atomic mass is 10.5. The minimum atomic E-state index is -4.15. The normalized spacial score (nSPS) is 11.1. The smallest absolute Gasteiger partial charge is 0.422 e. The highest BCUT2D eigenvalue weighted by Crippen LogP contribution is 2.22. The standard InChI is InChI=1S/C9H12N2O6S2/c1-5(2)17-9(14)11-19(15,16)10-7-4-3-6(18-7)8(12)13/h3-5,10H,1-2H3,(H,11,14)(H,12,13). The molecule has 1 aromatic rings. The molecule has 19 heavy (non-hydrogen) atoms. The average Bonchev–Trinajstić information content (AvgIpc) is 2.62. The molecule has 0 atom stereocenters. The van der Waals surface area contributed by atoms with E-state index >= 15 is 0 Å². The molecule has 3 N–H and O–H groups in total. The van der Waals surface area contributed by atoms with Crippen LogP contribution in [0.5, 0.6) is 0 Å². The first kappa shape index (κ1) is 15.2. The molecule has 106 valence electrons. The summed E-state index contributed by atoms with van der Waals surface area (Å²) in [4.78, 5) is 21.7. The fourth-order valence-corrected chi connectivity index (χ4v) is 2.76. The maximum Gasteiger partial charge on any atom is 0.422 e. The van der Waals surface area contributed by atoms with Crippen molar-refractivity contribution < 1.29 is 27.9 Å². The van der Waals surface area contributed by atoms with Crippen LogP contribution in [0.25, 0.3) is 0 Å². The van der Waals surface area contributed by atoms with Gasteiger partial charge in [0, 0.05) is 0 Å². The summed E-state index contributed by atoms with van der Waals surface area (Å²) >= 11 is 0.727. The van der Waals surface area contributed by atoms with Crippen LogP contribution in [-0.2, 0) is 14.9 Å². The highest BCUT2D eigenvalue weighted by molar-refractivity contribution is 7.91. The maximum atomic E-state index is 11.5. The largest absolute Gasteiger partial charge is 0.477 e. The molecule has 0 saturated heterocycles. The van der Waals surface area contributed by atoms with Gasteiger partial charge in [0.25, 0.3) is 0 Å². The summed E-state index contributed by atoms with van der Waals surface area (Å²) < 4.78 is 31.3. The number of hydrogen-bond acceptors (Lipinski definition) is 6. The second kappa shape index (κ2) is 5.89. The van der Waals surface area contributed by atoms with Gasteiger partial charge in [-0.05, 0) is 26.0 Å². The Morgan fingerprint density at radius 3 is 2.47 bits per heavy atom. The van der Waals surface area contributed by atoms with E-state index in [-0.39, 0.29) is 9.88 Å². The molecule has 10 heteroatoms. The molecule has 1 heterocycles. The number of rotatable bonds is 5. The number of carbonyl (C=O) groups excluding carboxylic acids is 1. The van der Waals surface area contributed by atoms with Crippen molar-refractivity contribution in [3.63, 3.8) is 0 Å². The zero-order valence-electron chi connectivity index (χ0n) is 10.0. The number of amides is 1. The van der Waals surface area contributed by atoms with Gasteiger partial charge >= 0.3 is 22.3 Å². The third kappa shape index (κ3) is 5.14. The monoisotopic (exact) mass is 308 g/mol. The Bertz CT molecular complexity index is 577. The van der Waals surface area contributed by atoms with Gasteiger partial charge in [-0.25, -0.2) is 14.3 Å². The average molecular weight is 308 g/mol. The van der Waals surface area contributed by atoms with E-state index in [1.54, 1.807) is 18.6 Å². The lowest BCUT2D eigenvalue weighted by Gasteiger charge is -2.10. The van der Waals surface area contributed by atoms with Gasteiger partial charge in [0.05, 0.1) is 6.10 Å². The van der Waals surface area contributed by atoms with Crippen LogP contribution in [0.4, 0.5) is 9.80 Å². The Labute approximate surface area is 113 Å². The minimum Gasteiger partial charge on any atom is -0.477 e. The van der Waals surface area contributed by atoms with Crippen LogP contribution >= 0.6 is 11.3 Å². The summed E-state index contributed by atoms with van der Waals surface area (Å²) in [5, 5.41) is 8.76. The second-order valence-electron chi connectivity index (χ2n) is 3.63. The predicted octanol–water partition coefficient (Wildman–Crippen LogP) is 1.24. The number of thiophene rings is 1. The SMILES string of the molecule is CC(C)OC(=O)NS(=O)(=O)Nc1ccc(C(=O)O)s1. The summed E-state index contributed by atoms with van der Waals surface area (Å²) in [5.74, 6) is -1.16. The third-order valence-corrected chi connectivity index (χ3v) is 3.65. The summed E-state index contributed by atoms with van der Waals surface area (Å²) in [5.41, 5.74) is 0. The van der Waals surface area contributed by atoms with Crippen molar-refractivity contribution >= 4 is 38.6 Å². The predicted molar refractivity (Wildman–Crippen MR) is 68.6 cm³/mol. The van der Waals surface area contributed by atoms with Gasteiger partial charge in [-0.2, -0.15) is 8.42 Å². The Morgan fingerprint density at radius 2 is 2.00 bits per heavy atom. The molecule has 8 nitrogen and oxygen atoms in total. The Morgan fingerprint density at radius 1 is 1.37 bits per heavy atom. The number of hydrogen-bond donors (Lipinski definition) is 3. The number of carboxylic acid groups (broad SMARTS) is 1. The quantitative estimate of drug-likeness (QED) is 0.752. The van der Waals surface area contributed by atoms with Crippen LogP contribution in [0.2, 0.25) is 0 Å². The molecule has 1 amide bonds. The van der Waals surface area contributed by atoms with Crippen molar-refractivity contribution in [1.29, 1.82) is 0 Å². The van der Waals surface area contributed by atoms with Crippen molar-refractivity contribution in [1.82, 2.24) is 4.72 Å². The third-order valence-electron chi connectivity index (χ3n) is 1.61. The zero-order valence-corrected chi connectivity index (χ0v) is 11.7. The first-order chi connectivity index (χ1) is 8.69. The van der Waals surface area contributed by atoms with E-state index in [1.807, 2.05) is 4.72 Å². The highest BCUT2D eigenvalue weighted by Gasteiger charge is 2.18. The first-order valence-electron chi connectivity index (χ1n) is 5.04. The number of carboxylic acids is 1. The van der Waals surface area contributed by atoms with Gasteiger partial charge in [-0.3, -0.25) is 4.72 Å². The van der Waals surface area contributed by atoms with Gasteiger partial charge in [-0.15, -0.1) is 11.3 Å². The second-order valence-corrected chi connectivity index (χ2v) is 6.13. The molecule has 0 aliphatic carbocycles. The summed E-state index contributed by atoms with van der Waals surface area (Å²) in [6, 6.07) is 2.53. The molecule has 0 saturated carbocycles. The van der Waals surface area contributed by atoms with Crippen molar-refractivity contribution in [2.45, 2.75) is 20.0 Å². The molecule has 0 unspecified atom stereocenters. The Kier molecular flexibility index (Phi) is 4.72. The van der Waals surface area contributed by atoms with Crippen LogP contribution in [-0.4, -0.2) is 31.7 Å². The van der Waals surface area contributed by atoms with Crippen LogP contribution in [0, 0.1) is 0 Å². The molecule has 0 radical (unpaired) electrons. The van der Waals surface area contributed by atoms with E-state index in [1.165, 1.54) is 12.1 Å². The van der Waals surface area contributed by atoms with Crippen molar-refractivity contribution in [2.24, 2.45) is 0 Å². The lowest BCUT2D eigenvalue weighted by Crippen LogP contribution is -2.36. The van der Waals surface area contributed by atoms with E-state index in [0.29, 0.717) is 0 Å². The fourth-order valence-electron chi connectivity index (χ4n) is 1.01. The molecular weight excluding hydrogens is 296 g/mol. The number of anilines is 1. The van der Waals surface area contributed by atoms with Crippen LogP contribution in [0.3, 0.4) is 0 Å². The number of carbonyl (C=O) groups is 2. The Balaban J connectivity index is 2.68. The summed E-state index contributed by atoms with van der Waals surface area (Å²) in [7, 11) is -4.15. The Hall–Kier alpha value is -1.81. The van der Waals surface area contributed by atoms with Crippen LogP contribution in [0.15, 0.2) is 12.1 Å². The van der Waals surface area contributed by atoms with Crippen molar-refractivity contribution in [3.8, 4) is 0 Å². The molecule has 1 aromatic heterocycles. The topological polar surface area (TPSA) is 122 Å². The first-order valence-corrected chi connectivity index (χ1v) is 7.34. The van der Waals surface area contributed by atoms with Gasteiger partial charge in [0.1, 0.15) is 9.88 Å². The fraction of sp³-hybridized carbons (Fsp3) is 0.333. The van der Waals surface area contributed by atoms with E-state index < -0.39 is 28.4 Å². The van der Waals surface area contributed by atoms with Crippen LogP contribution in [0.1, 0.15) is 23.5 Å². The molecule has 0 aromatic carbocycles. The van der Waals surface area contributed by atoms with E-state index in [9.17, 15) is 18.0 Å². The lowest BCUT2D eigenvalue weighted by molar-refractivity contribution is 0.0702. The van der Waals surface area contributed by atoms with Crippen LogP contribution < -0.4 is 9.44 Å².